The minimum absolute atomic E-state index is 0. The molecule has 1 saturated carbocycles. The Morgan fingerprint density at radius 3 is 1.93 bits per heavy atom. The van der Waals surface area contributed by atoms with Gasteiger partial charge in [0.05, 0.1) is 0 Å². The Labute approximate surface area is 92.1 Å². The number of nitrogens with two attached hydrogens (primary N) is 1. The van der Waals surface area contributed by atoms with Crippen LogP contribution in [0, 0.1) is 13.8 Å². The second-order valence-corrected chi connectivity index (χ2v) is 4.39. The average molecular weight is 212 g/mol. The molecule has 0 amide bonds. The van der Waals surface area contributed by atoms with Gasteiger partial charge in [0, 0.05) is 5.54 Å². The molecule has 0 heterocycles. The van der Waals surface area contributed by atoms with Gasteiger partial charge in [-0.15, -0.1) is 12.4 Å². The zero-order valence-electron chi connectivity index (χ0n) is 8.84. The molecule has 1 nitrogen and oxygen atoms in total. The summed E-state index contributed by atoms with van der Waals surface area (Å²) < 4.78 is 0. The van der Waals surface area contributed by atoms with Crippen molar-refractivity contribution in [3.8, 4) is 0 Å². The van der Waals surface area contributed by atoms with Gasteiger partial charge in [-0.05, 0) is 38.7 Å². The molecule has 2 heteroatoms. The van der Waals surface area contributed by atoms with Gasteiger partial charge < -0.3 is 5.73 Å². The summed E-state index contributed by atoms with van der Waals surface area (Å²) in [6, 6.07) is 6.66. The van der Waals surface area contributed by atoms with Crippen molar-refractivity contribution in [3.63, 3.8) is 0 Å². The first-order chi connectivity index (χ1) is 6.10. The Balaban J connectivity index is 0.000000980. The van der Waals surface area contributed by atoms with E-state index in [4.69, 9.17) is 5.73 Å². The predicted octanol–water partition coefficient (Wildman–Crippen LogP) is 3.06. The van der Waals surface area contributed by atoms with Crippen LogP contribution in [-0.2, 0) is 5.54 Å². The first kappa shape index (κ1) is 11.5. The van der Waals surface area contributed by atoms with E-state index in [-0.39, 0.29) is 17.9 Å². The fraction of sp³-hybridized carbons (Fsp3) is 0.500. The Hall–Kier alpha value is -0.530. The lowest BCUT2D eigenvalue weighted by Gasteiger charge is -2.39. The maximum atomic E-state index is 6.26. The molecule has 2 N–H and O–H groups in total. The maximum Gasteiger partial charge on any atom is 0.0409 e. The van der Waals surface area contributed by atoms with Crippen LogP contribution in [-0.4, -0.2) is 0 Å². The van der Waals surface area contributed by atoms with Crippen molar-refractivity contribution in [2.24, 2.45) is 5.73 Å². The van der Waals surface area contributed by atoms with Crippen LogP contribution >= 0.6 is 12.4 Å². The minimum atomic E-state index is -0.00319. The van der Waals surface area contributed by atoms with E-state index in [2.05, 4.69) is 32.0 Å². The zero-order valence-corrected chi connectivity index (χ0v) is 9.66. The van der Waals surface area contributed by atoms with Gasteiger partial charge in [0.2, 0.25) is 0 Å². The molecular formula is C12H18ClN. The van der Waals surface area contributed by atoms with Gasteiger partial charge in [-0.3, -0.25) is 0 Å². The van der Waals surface area contributed by atoms with Gasteiger partial charge in [-0.1, -0.05) is 29.3 Å². The summed E-state index contributed by atoms with van der Waals surface area (Å²) in [6.45, 7) is 4.27. The molecule has 1 aliphatic carbocycles. The average Bonchev–Trinajstić information content (AvgIpc) is 1.98. The molecule has 14 heavy (non-hydrogen) atoms. The first-order valence-electron chi connectivity index (χ1n) is 4.98. The number of benzene rings is 1. The monoisotopic (exact) mass is 211 g/mol. The van der Waals surface area contributed by atoms with Crippen LogP contribution < -0.4 is 5.73 Å². The fourth-order valence-electron chi connectivity index (χ4n) is 2.11. The Bertz CT molecular complexity index is 309. The minimum Gasteiger partial charge on any atom is -0.321 e. The summed E-state index contributed by atoms with van der Waals surface area (Å²) >= 11 is 0. The molecule has 1 aromatic carbocycles. The van der Waals surface area contributed by atoms with Gasteiger partial charge in [-0.2, -0.15) is 0 Å². The fourth-order valence-corrected chi connectivity index (χ4v) is 2.11. The normalized spacial score (nSPS) is 18.2. The largest absolute Gasteiger partial charge is 0.321 e. The summed E-state index contributed by atoms with van der Waals surface area (Å²) in [7, 11) is 0. The van der Waals surface area contributed by atoms with Crippen molar-refractivity contribution in [3.05, 3.63) is 34.9 Å². The summed E-state index contributed by atoms with van der Waals surface area (Å²) in [6.07, 6.45) is 3.58. The van der Waals surface area contributed by atoms with E-state index in [1.165, 1.54) is 23.1 Å². The topological polar surface area (TPSA) is 26.0 Å². The lowest BCUT2D eigenvalue weighted by molar-refractivity contribution is 0.253. The van der Waals surface area contributed by atoms with Crippen molar-refractivity contribution < 1.29 is 0 Å². The summed E-state index contributed by atoms with van der Waals surface area (Å²) in [5.74, 6) is 0. The molecule has 0 unspecified atom stereocenters. The standard InChI is InChI=1S/C12H17N.ClH/c1-9-6-10(2)8-11(7-9)12(13)4-3-5-12;/h6-8H,3-5,13H2,1-2H3;1H. The number of halogens is 1. The molecule has 1 aromatic rings. The van der Waals surface area contributed by atoms with Crippen molar-refractivity contribution in [1.82, 2.24) is 0 Å². The number of rotatable bonds is 1. The molecule has 78 valence electrons. The van der Waals surface area contributed by atoms with E-state index < -0.39 is 0 Å². The van der Waals surface area contributed by atoms with Crippen molar-refractivity contribution in [2.45, 2.75) is 38.6 Å². The molecule has 2 rings (SSSR count). The van der Waals surface area contributed by atoms with Crippen LogP contribution in [0.15, 0.2) is 18.2 Å². The molecule has 0 radical (unpaired) electrons. The molecular weight excluding hydrogens is 194 g/mol. The molecule has 0 saturated heterocycles. The lowest BCUT2D eigenvalue weighted by atomic mass is 9.72. The molecule has 0 aromatic heterocycles. The van der Waals surface area contributed by atoms with E-state index in [0.29, 0.717) is 0 Å². The van der Waals surface area contributed by atoms with Crippen molar-refractivity contribution >= 4 is 12.4 Å². The number of aryl methyl sites for hydroxylation is 2. The molecule has 0 atom stereocenters. The van der Waals surface area contributed by atoms with E-state index >= 15 is 0 Å². The van der Waals surface area contributed by atoms with Crippen LogP contribution in [0.2, 0.25) is 0 Å². The van der Waals surface area contributed by atoms with E-state index in [9.17, 15) is 0 Å². The van der Waals surface area contributed by atoms with E-state index in [0.717, 1.165) is 12.8 Å². The van der Waals surface area contributed by atoms with Gasteiger partial charge >= 0.3 is 0 Å². The Morgan fingerprint density at radius 2 is 1.57 bits per heavy atom. The Morgan fingerprint density at radius 1 is 1.07 bits per heavy atom. The van der Waals surface area contributed by atoms with Gasteiger partial charge in [0.1, 0.15) is 0 Å². The predicted molar refractivity (Wildman–Crippen MR) is 62.9 cm³/mol. The number of hydrogen-bond donors (Lipinski definition) is 1. The highest BCUT2D eigenvalue weighted by atomic mass is 35.5. The van der Waals surface area contributed by atoms with E-state index in [1.54, 1.807) is 0 Å². The third-order valence-electron chi connectivity index (χ3n) is 3.04. The highest BCUT2D eigenvalue weighted by Crippen LogP contribution is 2.39. The van der Waals surface area contributed by atoms with Crippen LogP contribution in [0.4, 0.5) is 0 Å². The third-order valence-corrected chi connectivity index (χ3v) is 3.04. The quantitative estimate of drug-likeness (QED) is 0.759. The van der Waals surface area contributed by atoms with Crippen molar-refractivity contribution in [2.75, 3.05) is 0 Å². The van der Waals surface area contributed by atoms with Crippen LogP contribution in [0.3, 0.4) is 0 Å². The van der Waals surface area contributed by atoms with Gasteiger partial charge in [0.25, 0.3) is 0 Å². The highest BCUT2D eigenvalue weighted by molar-refractivity contribution is 5.85. The summed E-state index contributed by atoms with van der Waals surface area (Å²) in [4.78, 5) is 0. The second kappa shape index (κ2) is 3.92. The molecule has 0 spiro atoms. The Kier molecular flexibility index (Phi) is 3.23. The summed E-state index contributed by atoms with van der Waals surface area (Å²) in [5, 5.41) is 0. The second-order valence-electron chi connectivity index (χ2n) is 4.39. The van der Waals surface area contributed by atoms with Crippen molar-refractivity contribution in [1.29, 1.82) is 0 Å². The first-order valence-corrected chi connectivity index (χ1v) is 4.98. The maximum absolute atomic E-state index is 6.26. The SMILES string of the molecule is Cc1cc(C)cc(C2(N)CCC2)c1.Cl. The third kappa shape index (κ3) is 1.94. The van der Waals surface area contributed by atoms with Crippen LogP contribution in [0.25, 0.3) is 0 Å². The molecule has 0 aliphatic heterocycles. The van der Waals surface area contributed by atoms with Gasteiger partial charge in [0.15, 0.2) is 0 Å². The highest BCUT2D eigenvalue weighted by Gasteiger charge is 2.34. The zero-order chi connectivity index (χ0) is 9.47. The molecule has 1 fully saturated rings. The van der Waals surface area contributed by atoms with Gasteiger partial charge in [-0.25, -0.2) is 0 Å². The van der Waals surface area contributed by atoms with Crippen LogP contribution in [0.1, 0.15) is 36.0 Å². The number of hydrogen-bond acceptors (Lipinski definition) is 1. The lowest BCUT2D eigenvalue weighted by Crippen LogP contribution is -2.43. The summed E-state index contributed by atoms with van der Waals surface area (Å²) in [5.41, 5.74) is 10.2. The smallest absolute Gasteiger partial charge is 0.0409 e. The van der Waals surface area contributed by atoms with Crippen LogP contribution in [0.5, 0.6) is 0 Å². The molecule has 1 aliphatic rings. The van der Waals surface area contributed by atoms with E-state index in [1.807, 2.05) is 0 Å². The molecule has 0 bridgehead atoms.